The number of H-pyrrole nitrogens is 1. The third kappa shape index (κ3) is 5.14. The first-order valence-corrected chi connectivity index (χ1v) is 8.21. The number of carbonyl (C=O) groups is 2. The first-order chi connectivity index (χ1) is 11.5. The largest absolute Gasteiger partial charge is 0.495 e. The Morgan fingerprint density at radius 3 is 2.92 bits per heavy atom. The zero-order valence-electron chi connectivity index (χ0n) is 13.1. The Balaban J connectivity index is 1.87. The first kappa shape index (κ1) is 18.1. The molecule has 24 heavy (non-hydrogen) atoms. The second kappa shape index (κ2) is 8.55. The number of amides is 2. The minimum Gasteiger partial charge on any atom is -0.495 e. The molecule has 1 aromatic heterocycles. The molecule has 1 heterocycles. The number of hydrogen-bond acceptors (Lipinski definition) is 6. The molecule has 0 radical (unpaired) electrons. The van der Waals surface area contributed by atoms with Crippen molar-refractivity contribution in [2.24, 2.45) is 0 Å². The van der Waals surface area contributed by atoms with Crippen LogP contribution in [0, 0.1) is 0 Å². The molecule has 8 nitrogen and oxygen atoms in total. The van der Waals surface area contributed by atoms with Gasteiger partial charge in [0.1, 0.15) is 12.1 Å². The van der Waals surface area contributed by atoms with Crippen molar-refractivity contribution in [3.63, 3.8) is 0 Å². The summed E-state index contributed by atoms with van der Waals surface area (Å²) in [5.41, 5.74) is 0.451. The van der Waals surface area contributed by atoms with Gasteiger partial charge in [0, 0.05) is 12.1 Å². The van der Waals surface area contributed by atoms with Crippen molar-refractivity contribution in [3.8, 4) is 5.75 Å². The molecule has 0 fully saturated rings. The van der Waals surface area contributed by atoms with Crippen LogP contribution in [-0.4, -0.2) is 58.4 Å². The molecule has 0 unspecified atom stereocenters. The standard InChI is InChI=1S/C14H16ClN5O3S/c1-20(13(22)7-24-14-16-8-17-19-14)6-12(21)18-10-5-9(15)3-4-11(10)23-2/h3-5,8H,6-7H2,1-2H3,(H,18,21)(H,16,17,19). The normalized spacial score (nSPS) is 10.3. The fraction of sp³-hybridized carbons (Fsp3) is 0.286. The molecule has 10 heteroatoms. The van der Waals surface area contributed by atoms with Crippen molar-refractivity contribution in [1.29, 1.82) is 0 Å². The predicted molar refractivity (Wildman–Crippen MR) is 91.4 cm³/mol. The van der Waals surface area contributed by atoms with Crippen LogP contribution in [0.25, 0.3) is 0 Å². The average Bonchev–Trinajstić information content (AvgIpc) is 3.06. The van der Waals surface area contributed by atoms with E-state index in [1.807, 2.05) is 0 Å². The topological polar surface area (TPSA) is 100 Å². The van der Waals surface area contributed by atoms with Gasteiger partial charge in [0.2, 0.25) is 11.8 Å². The van der Waals surface area contributed by atoms with Crippen molar-refractivity contribution in [3.05, 3.63) is 29.5 Å². The summed E-state index contributed by atoms with van der Waals surface area (Å²) >= 11 is 7.13. The van der Waals surface area contributed by atoms with Gasteiger partial charge in [-0.3, -0.25) is 14.7 Å². The van der Waals surface area contributed by atoms with E-state index in [0.29, 0.717) is 21.6 Å². The lowest BCUT2D eigenvalue weighted by Gasteiger charge is -2.17. The molecule has 128 valence electrons. The summed E-state index contributed by atoms with van der Waals surface area (Å²) in [4.78, 5) is 29.4. The summed E-state index contributed by atoms with van der Waals surface area (Å²) in [6, 6.07) is 4.90. The van der Waals surface area contributed by atoms with Crippen LogP contribution in [0.3, 0.4) is 0 Å². The second-order valence-corrected chi connectivity index (χ2v) is 6.12. The zero-order chi connectivity index (χ0) is 17.5. The minimum atomic E-state index is -0.351. The van der Waals surface area contributed by atoms with E-state index in [-0.39, 0.29) is 24.1 Å². The van der Waals surface area contributed by atoms with E-state index in [4.69, 9.17) is 16.3 Å². The van der Waals surface area contributed by atoms with Crippen molar-refractivity contribution in [2.75, 3.05) is 31.8 Å². The summed E-state index contributed by atoms with van der Waals surface area (Å²) < 4.78 is 5.16. The molecule has 2 rings (SSSR count). The third-order valence-electron chi connectivity index (χ3n) is 2.97. The number of benzene rings is 1. The fourth-order valence-electron chi connectivity index (χ4n) is 1.78. The Hall–Kier alpha value is -2.26. The SMILES string of the molecule is COc1ccc(Cl)cc1NC(=O)CN(C)C(=O)CSc1ncn[nH]1. The maximum Gasteiger partial charge on any atom is 0.244 e. The maximum atomic E-state index is 12.1. The van der Waals surface area contributed by atoms with Crippen molar-refractivity contribution >= 4 is 40.9 Å². The number of carbonyl (C=O) groups excluding carboxylic acids is 2. The number of methoxy groups -OCH3 is 1. The van der Waals surface area contributed by atoms with Gasteiger partial charge in [0.05, 0.1) is 25.1 Å². The van der Waals surface area contributed by atoms with Gasteiger partial charge in [-0.2, -0.15) is 5.10 Å². The third-order valence-corrected chi connectivity index (χ3v) is 4.06. The number of thioether (sulfide) groups is 1. The van der Waals surface area contributed by atoms with Gasteiger partial charge in [-0.25, -0.2) is 4.98 Å². The Bertz CT molecular complexity index is 710. The van der Waals surface area contributed by atoms with Crippen LogP contribution in [-0.2, 0) is 9.59 Å². The molecule has 2 amide bonds. The summed E-state index contributed by atoms with van der Waals surface area (Å²) in [7, 11) is 3.05. The summed E-state index contributed by atoms with van der Waals surface area (Å²) in [5, 5.41) is 10.0. The number of ether oxygens (including phenoxy) is 1. The quantitative estimate of drug-likeness (QED) is 0.720. The molecule has 0 saturated carbocycles. The number of nitrogens with zero attached hydrogens (tertiary/aromatic N) is 3. The summed E-state index contributed by atoms with van der Waals surface area (Å²) in [6.45, 7) is -0.0918. The van der Waals surface area contributed by atoms with Crippen LogP contribution >= 0.6 is 23.4 Å². The molecule has 0 aliphatic rings. The van der Waals surface area contributed by atoms with Crippen LogP contribution in [0.15, 0.2) is 29.7 Å². The highest BCUT2D eigenvalue weighted by molar-refractivity contribution is 7.99. The highest BCUT2D eigenvalue weighted by Crippen LogP contribution is 2.27. The van der Waals surface area contributed by atoms with E-state index in [0.717, 1.165) is 0 Å². The maximum absolute atomic E-state index is 12.1. The number of halogens is 1. The second-order valence-electron chi connectivity index (χ2n) is 4.72. The zero-order valence-corrected chi connectivity index (χ0v) is 14.6. The van der Waals surface area contributed by atoms with Gasteiger partial charge in [-0.05, 0) is 18.2 Å². The molecular formula is C14H16ClN5O3S. The molecule has 0 saturated heterocycles. The molecule has 2 N–H and O–H groups in total. The van der Waals surface area contributed by atoms with Crippen molar-refractivity contribution in [2.45, 2.75) is 5.16 Å². The van der Waals surface area contributed by atoms with Crippen molar-refractivity contribution in [1.82, 2.24) is 20.1 Å². The van der Waals surface area contributed by atoms with Crippen LogP contribution in [0.2, 0.25) is 5.02 Å². The van der Waals surface area contributed by atoms with Crippen LogP contribution in [0.4, 0.5) is 5.69 Å². The van der Waals surface area contributed by atoms with E-state index in [2.05, 4.69) is 20.5 Å². The molecule has 0 bridgehead atoms. The minimum absolute atomic E-state index is 0.0918. The number of nitrogens with one attached hydrogen (secondary N) is 2. The molecular weight excluding hydrogens is 354 g/mol. The van der Waals surface area contributed by atoms with E-state index >= 15 is 0 Å². The number of aromatic nitrogens is 3. The monoisotopic (exact) mass is 369 g/mol. The average molecular weight is 370 g/mol. The molecule has 0 aliphatic heterocycles. The lowest BCUT2D eigenvalue weighted by Crippen LogP contribution is -2.36. The smallest absolute Gasteiger partial charge is 0.244 e. The van der Waals surface area contributed by atoms with Gasteiger partial charge in [0.25, 0.3) is 0 Å². The Labute approximate surface area is 147 Å². The number of aromatic amines is 1. The summed E-state index contributed by atoms with van der Waals surface area (Å²) in [6.07, 6.45) is 1.36. The number of rotatable bonds is 7. The van der Waals surface area contributed by atoms with Crippen molar-refractivity contribution < 1.29 is 14.3 Å². The molecule has 0 atom stereocenters. The number of likely N-dealkylation sites (N-methyl/N-ethyl adjacent to an activating group) is 1. The Morgan fingerprint density at radius 1 is 1.46 bits per heavy atom. The Kier molecular flexibility index (Phi) is 6.44. The number of anilines is 1. The highest BCUT2D eigenvalue weighted by atomic mass is 35.5. The van der Waals surface area contributed by atoms with Gasteiger partial charge in [-0.1, -0.05) is 23.4 Å². The molecule has 1 aromatic carbocycles. The van der Waals surface area contributed by atoms with Crippen LogP contribution in [0.1, 0.15) is 0 Å². The Morgan fingerprint density at radius 2 is 2.25 bits per heavy atom. The van der Waals surface area contributed by atoms with E-state index in [1.165, 1.54) is 30.1 Å². The van der Waals surface area contributed by atoms with Gasteiger partial charge >= 0.3 is 0 Å². The van der Waals surface area contributed by atoms with E-state index in [9.17, 15) is 9.59 Å². The summed E-state index contributed by atoms with van der Waals surface area (Å²) in [5.74, 6) is 0.0858. The molecule has 2 aromatic rings. The lowest BCUT2D eigenvalue weighted by atomic mass is 10.3. The van der Waals surface area contributed by atoms with Crippen LogP contribution < -0.4 is 10.1 Å². The van der Waals surface area contributed by atoms with E-state index < -0.39 is 0 Å². The predicted octanol–water partition coefficient (Wildman–Crippen LogP) is 1.66. The van der Waals surface area contributed by atoms with E-state index in [1.54, 1.807) is 25.2 Å². The fourth-order valence-corrected chi connectivity index (χ4v) is 2.67. The molecule has 0 spiro atoms. The highest BCUT2D eigenvalue weighted by Gasteiger charge is 2.15. The van der Waals surface area contributed by atoms with Gasteiger partial charge in [-0.15, -0.1) is 0 Å². The van der Waals surface area contributed by atoms with Crippen LogP contribution in [0.5, 0.6) is 5.75 Å². The molecule has 0 aliphatic carbocycles. The van der Waals surface area contributed by atoms with Gasteiger partial charge in [0.15, 0.2) is 5.16 Å². The van der Waals surface area contributed by atoms with Gasteiger partial charge < -0.3 is 15.0 Å². The lowest BCUT2D eigenvalue weighted by molar-refractivity contribution is -0.131. The first-order valence-electron chi connectivity index (χ1n) is 6.85. The number of hydrogen-bond donors (Lipinski definition) is 2.